The fourth-order valence-corrected chi connectivity index (χ4v) is 3.72. The van der Waals surface area contributed by atoms with Gasteiger partial charge in [-0.15, -0.1) is 0 Å². The average Bonchev–Trinajstić information content (AvgIpc) is 2.74. The zero-order valence-corrected chi connectivity index (χ0v) is 10.8. The van der Waals surface area contributed by atoms with Crippen LogP contribution in [0.1, 0.15) is 19.3 Å². The van der Waals surface area contributed by atoms with Crippen LogP contribution in [0.4, 0.5) is 0 Å². The van der Waals surface area contributed by atoms with E-state index in [2.05, 4.69) is 35.2 Å². The molecule has 3 aliphatic rings. The maximum absolute atomic E-state index is 6.12. The van der Waals surface area contributed by atoms with Crippen molar-refractivity contribution in [3.63, 3.8) is 0 Å². The van der Waals surface area contributed by atoms with Gasteiger partial charge in [-0.2, -0.15) is 0 Å². The lowest BCUT2D eigenvalue weighted by atomic mass is 9.44. The SMILES string of the molecule is NC12CC(n3ccc(-c4ccc(Cl)cc4)c3)(C1)C2. The van der Waals surface area contributed by atoms with E-state index < -0.39 is 0 Å². The second kappa shape index (κ2) is 3.19. The number of nitrogens with two attached hydrogens (primary N) is 1. The second-order valence-corrected chi connectivity index (χ2v) is 6.37. The Morgan fingerprint density at radius 3 is 2.28 bits per heavy atom. The summed E-state index contributed by atoms with van der Waals surface area (Å²) >= 11 is 5.91. The van der Waals surface area contributed by atoms with E-state index in [-0.39, 0.29) is 5.54 Å². The molecule has 5 rings (SSSR count). The standard InChI is InChI=1S/C15H15ClN2/c16-13-3-1-11(2-4-13)12-5-6-18(7-12)15-8-14(17,9-15)10-15/h1-7H,8-10,17H2. The molecule has 0 atom stereocenters. The van der Waals surface area contributed by atoms with Crippen LogP contribution in [0.3, 0.4) is 0 Å². The number of aromatic nitrogens is 1. The molecule has 0 radical (unpaired) electrons. The van der Waals surface area contributed by atoms with E-state index in [1.165, 1.54) is 11.1 Å². The summed E-state index contributed by atoms with van der Waals surface area (Å²) in [5, 5.41) is 0.780. The first-order valence-corrected chi connectivity index (χ1v) is 6.70. The van der Waals surface area contributed by atoms with E-state index in [1.54, 1.807) is 0 Å². The topological polar surface area (TPSA) is 30.9 Å². The normalized spacial score (nSPS) is 32.8. The first-order chi connectivity index (χ1) is 8.59. The van der Waals surface area contributed by atoms with Gasteiger partial charge in [-0.3, -0.25) is 0 Å². The molecule has 0 unspecified atom stereocenters. The summed E-state index contributed by atoms with van der Waals surface area (Å²) in [7, 11) is 0. The Balaban J connectivity index is 1.65. The minimum atomic E-state index is 0.157. The van der Waals surface area contributed by atoms with Gasteiger partial charge in [-0.25, -0.2) is 0 Å². The van der Waals surface area contributed by atoms with Crippen LogP contribution >= 0.6 is 11.6 Å². The Hall–Kier alpha value is -1.25. The zero-order chi connectivity index (χ0) is 12.4. The van der Waals surface area contributed by atoms with Crippen LogP contribution in [-0.4, -0.2) is 10.1 Å². The zero-order valence-electron chi connectivity index (χ0n) is 10.1. The monoisotopic (exact) mass is 258 g/mol. The third kappa shape index (κ3) is 1.33. The van der Waals surface area contributed by atoms with Crippen LogP contribution in [0.2, 0.25) is 5.02 Å². The van der Waals surface area contributed by atoms with E-state index in [0.29, 0.717) is 5.54 Å². The number of hydrogen-bond donors (Lipinski definition) is 1. The lowest BCUT2D eigenvalue weighted by Gasteiger charge is -2.69. The van der Waals surface area contributed by atoms with Gasteiger partial charge >= 0.3 is 0 Å². The van der Waals surface area contributed by atoms with Gasteiger partial charge in [-0.05, 0) is 48.6 Å². The number of hydrogen-bond acceptors (Lipinski definition) is 1. The van der Waals surface area contributed by atoms with Crippen molar-refractivity contribution in [3.05, 3.63) is 47.7 Å². The van der Waals surface area contributed by atoms with Crippen LogP contribution in [0.5, 0.6) is 0 Å². The lowest BCUT2D eigenvalue weighted by Crippen LogP contribution is -2.76. The van der Waals surface area contributed by atoms with Crippen molar-refractivity contribution in [2.45, 2.75) is 30.3 Å². The molecule has 2 nitrogen and oxygen atoms in total. The van der Waals surface area contributed by atoms with Crippen molar-refractivity contribution in [2.75, 3.05) is 0 Å². The Morgan fingerprint density at radius 2 is 1.67 bits per heavy atom. The Morgan fingerprint density at radius 1 is 1.00 bits per heavy atom. The Bertz CT molecular complexity index is 592. The summed E-state index contributed by atoms with van der Waals surface area (Å²) in [6.07, 6.45) is 7.82. The Labute approximate surface area is 111 Å². The van der Waals surface area contributed by atoms with Gasteiger partial charge in [0, 0.05) is 28.5 Å². The number of nitrogens with zero attached hydrogens (tertiary/aromatic N) is 1. The molecular formula is C15H15ClN2. The molecule has 3 fully saturated rings. The number of rotatable bonds is 2. The summed E-state index contributed by atoms with van der Waals surface area (Å²) < 4.78 is 2.35. The molecule has 18 heavy (non-hydrogen) atoms. The number of benzene rings is 1. The summed E-state index contributed by atoms with van der Waals surface area (Å²) in [4.78, 5) is 0. The van der Waals surface area contributed by atoms with Crippen LogP contribution in [0.25, 0.3) is 11.1 Å². The predicted octanol–water partition coefficient (Wildman–Crippen LogP) is 3.40. The highest BCUT2D eigenvalue weighted by Gasteiger charge is 2.66. The fraction of sp³-hybridized carbons (Fsp3) is 0.333. The molecule has 3 saturated carbocycles. The first-order valence-electron chi connectivity index (χ1n) is 6.32. The van der Waals surface area contributed by atoms with Gasteiger partial charge in [0.25, 0.3) is 0 Å². The third-order valence-corrected chi connectivity index (χ3v) is 4.71. The van der Waals surface area contributed by atoms with Gasteiger partial charge in [-0.1, -0.05) is 23.7 Å². The molecule has 2 N–H and O–H groups in total. The molecule has 1 heterocycles. The van der Waals surface area contributed by atoms with Crippen molar-refractivity contribution in [1.29, 1.82) is 0 Å². The van der Waals surface area contributed by atoms with Gasteiger partial charge < -0.3 is 10.3 Å². The molecule has 2 bridgehead atoms. The summed E-state index contributed by atoms with van der Waals surface area (Å²) in [5.74, 6) is 0. The maximum atomic E-state index is 6.12. The summed E-state index contributed by atoms with van der Waals surface area (Å²) in [6.45, 7) is 0. The van der Waals surface area contributed by atoms with E-state index in [0.717, 1.165) is 24.3 Å². The maximum Gasteiger partial charge on any atom is 0.0492 e. The quantitative estimate of drug-likeness (QED) is 0.879. The molecule has 3 aliphatic carbocycles. The predicted molar refractivity (Wildman–Crippen MR) is 73.6 cm³/mol. The highest BCUT2D eigenvalue weighted by Crippen LogP contribution is 2.63. The van der Waals surface area contributed by atoms with Crippen molar-refractivity contribution in [3.8, 4) is 11.1 Å². The average molecular weight is 259 g/mol. The van der Waals surface area contributed by atoms with Crippen molar-refractivity contribution >= 4 is 11.6 Å². The lowest BCUT2D eigenvalue weighted by molar-refractivity contribution is -0.114. The van der Waals surface area contributed by atoms with Crippen molar-refractivity contribution < 1.29 is 0 Å². The van der Waals surface area contributed by atoms with Gasteiger partial charge in [0.05, 0.1) is 0 Å². The molecule has 0 spiro atoms. The molecule has 1 aromatic carbocycles. The molecule has 0 saturated heterocycles. The van der Waals surface area contributed by atoms with Crippen LogP contribution in [-0.2, 0) is 5.54 Å². The second-order valence-electron chi connectivity index (χ2n) is 5.93. The summed E-state index contributed by atoms with van der Waals surface area (Å²) in [6, 6.07) is 10.2. The molecular weight excluding hydrogens is 244 g/mol. The molecule has 3 heteroatoms. The van der Waals surface area contributed by atoms with E-state index in [9.17, 15) is 0 Å². The van der Waals surface area contributed by atoms with E-state index >= 15 is 0 Å². The van der Waals surface area contributed by atoms with Gasteiger partial charge in [0.15, 0.2) is 0 Å². The minimum Gasteiger partial charge on any atom is -0.347 e. The van der Waals surface area contributed by atoms with Gasteiger partial charge in [0.2, 0.25) is 0 Å². The molecule has 2 aromatic rings. The highest BCUT2D eigenvalue weighted by atomic mass is 35.5. The summed E-state index contributed by atoms with van der Waals surface area (Å²) in [5.41, 5.74) is 9.07. The molecule has 0 aliphatic heterocycles. The minimum absolute atomic E-state index is 0.157. The van der Waals surface area contributed by atoms with Crippen LogP contribution in [0.15, 0.2) is 42.7 Å². The van der Waals surface area contributed by atoms with Crippen molar-refractivity contribution in [2.24, 2.45) is 5.73 Å². The molecule has 0 amide bonds. The smallest absolute Gasteiger partial charge is 0.0492 e. The third-order valence-electron chi connectivity index (χ3n) is 4.46. The van der Waals surface area contributed by atoms with E-state index in [4.69, 9.17) is 17.3 Å². The van der Waals surface area contributed by atoms with Crippen molar-refractivity contribution in [1.82, 2.24) is 4.57 Å². The van der Waals surface area contributed by atoms with Crippen LogP contribution < -0.4 is 5.73 Å². The first kappa shape index (κ1) is 10.7. The fourth-order valence-electron chi connectivity index (χ4n) is 3.59. The highest BCUT2D eigenvalue weighted by molar-refractivity contribution is 6.30. The molecule has 1 aromatic heterocycles. The Kier molecular flexibility index (Phi) is 1.89. The van der Waals surface area contributed by atoms with Gasteiger partial charge in [0.1, 0.15) is 0 Å². The van der Waals surface area contributed by atoms with Crippen LogP contribution in [0, 0.1) is 0 Å². The van der Waals surface area contributed by atoms with E-state index in [1.807, 2.05) is 12.1 Å². The largest absolute Gasteiger partial charge is 0.347 e. The molecule has 92 valence electrons. The number of halogens is 1.